The Hall–Kier alpha value is -0.820. The number of hydrogen-bond acceptors (Lipinski definition) is 6. The summed E-state index contributed by atoms with van der Waals surface area (Å²) >= 11 is 3.33. The third kappa shape index (κ3) is 3.35. The largest absolute Gasteiger partial charge is 0.378 e. The fourth-order valence-electron chi connectivity index (χ4n) is 1.49. The Labute approximate surface area is 115 Å². The van der Waals surface area contributed by atoms with Gasteiger partial charge in [0.25, 0.3) is 0 Å². The highest BCUT2D eigenvalue weighted by Crippen LogP contribution is 2.30. The fourth-order valence-corrected chi connectivity index (χ4v) is 3.19. The quantitative estimate of drug-likeness (QED) is 0.885. The molecule has 18 heavy (non-hydrogen) atoms. The third-order valence-corrected chi connectivity index (χ3v) is 4.41. The van der Waals surface area contributed by atoms with Crippen LogP contribution in [0.25, 0.3) is 9.88 Å². The van der Waals surface area contributed by atoms with Crippen LogP contribution in [0.4, 0.5) is 0 Å². The van der Waals surface area contributed by atoms with E-state index in [1.807, 2.05) is 11.7 Å². The van der Waals surface area contributed by atoms with Gasteiger partial charge in [0.15, 0.2) is 0 Å². The van der Waals surface area contributed by atoms with Crippen molar-refractivity contribution in [1.29, 1.82) is 0 Å². The molecule has 2 aromatic rings. The standard InChI is InChI=1S/C12H17N3OS2/c1-8(2)14-5-10-9(6-16-3)15-12(18-10)11-4-13-7-17-11/h4,7-8,14H,5-6H2,1-3H3. The molecule has 0 aliphatic rings. The summed E-state index contributed by atoms with van der Waals surface area (Å²) in [5, 5.41) is 4.45. The molecule has 0 saturated carbocycles. The van der Waals surface area contributed by atoms with E-state index in [0.29, 0.717) is 12.6 Å². The van der Waals surface area contributed by atoms with Gasteiger partial charge in [-0.05, 0) is 0 Å². The summed E-state index contributed by atoms with van der Waals surface area (Å²) in [7, 11) is 1.70. The van der Waals surface area contributed by atoms with Crippen LogP contribution in [0.2, 0.25) is 0 Å². The lowest BCUT2D eigenvalue weighted by Crippen LogP contribution is -2.21. The topological polar surface area (TPSA) is 47.0 Å². The van der Waals surface area contributed by atoms with Crippen LogP contribution in [0.3, 0.4) is 0 Å². The fraction of sp³-hybridized carbons (Fsp3) is 0.500. The second-order valence-corrected chi connectivity index (χ2v) is 6.19. The molecule has 4 nitrogen and oxygen atoms in total. The molecule has 2 heterocycles. The zero-order chi connectivity index (χ0) is 13.0. The van der Waals surface area contributed by atoms with Gasteiger partial charge in [0.1, 0.15) is 5.01 Å². The number of rotatable bonds is 6. The Balaban J connectivity index is 2.21. The summed E-state index contributed by atoms with van der Waals surface area (Å²) in [6.45, 7) is 5.68. The molecular weight excluding hydrogens is 266 g/mol. The zero-order valence-electron chi connectivity index (χ0n) is 10.8. The number of aromatic nitrogens is 2. The maximum Gasteiger partial charge on any atom is 0.135 e. The molecule has 1 N–H and O–H groups in total. The van der Waals surface area contributed by atoms with Crippen LogP contribution < -0.4 is 5.32 Å². The van der Waals surface area contributed by atoms with E-state index < -0.39 is 0 Å². The van der Waals surface area contributed by atoms with Crippen molar-refractivity contribution in [1.82, 2.24) is 15.3 Å². The third-order valence-electron chi connectivity index (χ3n) is 2.37. The molecule has 2 rings (SSSR count). The molecule has 2 aromatic heterocycles. The Morgan fingerprint density at radius 3 is 2.89 bits per heavy atom. The molecule has 0 aliphatic carbocycles. The molecule has 0 amide bonds. The van der Waals surface area contributed by atoms with E-state index in [1.165, 1.54) is 4.88 Å². The number of ether oxygens (including phenoxy) is 1. The molecule has 0 fully saturated rings. The van der Waals surface area contributed by atoms with Crippen LogP contribution >= 0.6 is 22.7 Å². The lowest BCUT2D eigenvalue weighted by Gasteiger charge is -2.07. The van der Waals surface area contributed by atoms with Crippen molar-refractivity contribution in [3.8, 4) is 9.88 Å². The summed E-state index contributed by atoms with van der Waals surface area (Å²) < 4.78 is 5.21. The molecule has 0 saturated heterocycles. The van der Waals surface area contributed by atoms with E-state index in [-0.39, 0.29) is 0 Å². The van der Waals surface area contributed by atoms with Gasteiger partial charge in [-0.1, -0.05) is 13.8 Å². The van der Waals surface area contributed by atoms with Crippen molar-refractivity contribution in [2.45, 2.75) is 33.0 Å². The maximum absolute atomic E-state index is 5.21. The number of nitrogens with zero attached hydrogens (tertiary/aromatic N) is 2. The van der Waals surface area contributed by atoms with Gasteiger partial charge in [0.05, 0.1) is 22.7 Å². The van der Waals surface area contributed by atoms with Crippen molar-refractivity contribution in [3.05, 3.63) is 22.3 Å². The Morgan fingerprint density at radius 1 is 1.44 bits per heavy atom. The molecule has 0 aliphatic heterocycles. The Bertz CT molecular complexity index is 479. The first-order valence-electron chi connectivity index (χ1n) is 5.80. The first kappa shape index (κ1) is 13.6. The number of nitrogens with one attached hydrogen (secondary N) is 1. The van der Waals surface area contributed by atoms with E-state index >= 15 is 0 Å². The minimum atomic E-state index is 0.467. The molecule has 6 heteroatoms. The predicted molar refractivity (Wildman–Crippen MR) is 75.9 cm³/mol. The predicted octanol–water partition coefficient (Wildman–Crippen LogP) is 2.91. The van der Waals surface area contributed by atoms with Gasteiger partial charge in [-0.3, -0.25) is 4.98 Å². The van der Waals surface area contributed by atoms with E-state index in [4.69, 9.17) is 4.74 Å². The average Bonchev–Trinajstić information content (AvgIpc) is 2.95. The molecule has 0 unspecified atom stereocenters. The van der Waals surface area contributed by atoms with Crippen LogP contribution in [0.5, 0.6) is 0 Å². The number of thiazole rings is 2. The Morgan fingerprint density at radius 2 is 2.28 bits per heavy atom. The van der Waals surface area contributed by atoms with Crippen molar-refractivity contribution in [3.63, 3.8) is 0 Å². The summed E-state index contributed by atoms with van der Waals surface area (Å²) in [6.07, 6.45) is 1.86. The maximum atomic E-state index is 5.21. The van der Waals surface area contributed by atoms with Gasteiger partial charge in [-0.25, -0.2) is 4.98 Å². The van der Waals surface area contributed by atoms with E-state index in [0.717, 1.165) is 22.1 Å². The first-order valence-corrected chi connectivity index (χ1v) is 7.50. The molecular formula is C12H17N3OS2. The average molecular weight is 283 g/mol. The molecule has 98 valence electrons. The zero-order valence-corrected chi connectivity index (χ0v) is 12.4. The van der Waals surface area contributed by atoms with Crippen molar-refractivity contribution >= 4 is 22.7 Å². The van der Waals surface area contributed by atoms with Gasteiger partial charge >= 0.3 is 0 Å². The molecule has 0 spiro atoms. The summed E-state index contributed by atoms with van der Waals surface area (Å²) in [5.74, 6) is 0. The van der Waals surface area contributed by atoms with Gasteiger partial charge in [-0.2, -0.15) is 0 Å². The van der Waals surface area contributed by atoms with Gasteiger partial charge < -0.3 is 10.1 Å². The summed E-state index contributed by atoms with van der Waals surface area (Å²) in [4.78, 5) is 11.1. The second kappa shape index (κ2) is 6.38. The highest BCUT2D eigenvalue weighted by Gasteiger charge is 2.13. The monoisotopic (exact) mass is 283 g/mol. The SMILES string of the molecule is COCc1nc(-c2cncs2)sc1CNC(C)C. The summed E-state index contributed by atoms with van der Waals surface area (Å²) in [5.41, 5.74) is 2.86. The lowest BCUT2D eigenvalue weighted by atomic mass is 10.3. The minimum absolute atomic E-state index is 0.467. The second-order valence-electron chi connectivity index (χ2n) is 4.22. The van der Waals surface area contributed by atoms with Crippen LogP contribution in [0.1, 0.15) is 24.4 Å². The van der Waals surface area contributed by atoms with E-state index in [9.17, 15) is 0 Å². The molecule has 0 radical (unpaired) electrons. The van der Waals surface area contributed by atoms with Crippen LogP contribution in [0.15, 0.2) is 11.7 Å². The van der Waals surface area contributed by atoms with Crippen LogP contribution in [-0.2, 0) is 17.9 Å². The number of methoxy groups -OCH3 is 1. The lowest BCUT2D eigenvalue weighted by molar-refractivity contribution is 0.181. The number of hydrogen-bond donors (Lipinski definition) is 1. The Kier molecular flexibility index (Phi) is 4.82. The normalized spacial score (nSPS) is 11.3. The van der Waals surface area contributed by atoms with E-state index in [1.54, 1.807) is 29.8 Å². The van der Waals surface area contributed by atoms with Crippen molar-refractivity contribution in [2.24, 2.45) is 0 Å². The highest BCUT2D eigenvalue weighted by atomic mass is 32.1. The minimum Gasteiger partial charge on any atom is -0.378 e. The van der Waals surface area contributed by atoms with Gasteiger partial charge in [0.2, 0.25) is 0 Å². The smallest absolute Gasteiger partial charge is 0.135 e. The molecule has 0 bridgehead atoms. The van der Waals surface area contributed by atoms with Crippen molar-refractivity contribution < 1.29 is 4.74 Å². The molecule has 0 aromatic carbocycles. The van der Waals surface area contributed by atoms with Crippen LogP contribution in [-0.4, -0.2) is 23.1 Å². The first-order chi connectivity index (χ1) is 8.70. The van der Waals surface area contributed by atoms with E-state index in [2.05, 4.69) is 29.1 Å². The highest BCUT2D eigenvalue weighted by molar-refractivity contribution is 7.20. The van der Waals surface area contributed by atoms with Crippen LogP contribution in [0, 0.1) is 0 Å². The summed E-state index contributed by atoms with van der Waals surface area (Å²) in [6, 6.07) is 0.467. The van der Waals surface area contributed by atoms with Crippen molar-refractivity contribution in [2.75, 3.05) is 7.11 Å². The van der Waals surface area contributed by atoms with Gasteiger partial charge in [-0.15, -0.1) is 22.7 Å². The molecule has 0 atom stereocenters. The van der Waals surface area contributed by atoms with Gasteiger partial charge in [0, 0.05) is 30.8 Å².